The van der Waals surface area contributed by atoms with Gasteiger partial charge in [-0.3, -0.25) is 14.6 Å². The first-order valence-corrected chi connectivity index (χ1v) is 23.4. The van der Waals surface area contributed by atoms with Crippen LogP contribution in [0.3, 0.4) is 0 Å². The molecule has 3 aromatic rings. The molecular weight excluding hydrogens is 865 g/mol. The third-order valence-corrected chi connectivity index (χ3v) is 14.9. The zero-order valence-electron chi connectivity index (χ0n) is 38.5. The first kappa shape index (κ1) is 45.6. The van der Waals surface area contributed by atoms with Gasteiger partial charge in [0.25, 0.3) is 0 Å². The van der Waals surface area contributed by atoms with Crippen LogP contribution in [0.1, 0.15) is 73.9 Å². The van der Waals surface area contributed by atoms with E-state index in [1.54, 1.807) is 34.8 Å². The first-order chi connectivity index (χ1) is 31.6. The molecule has 2 N–H and O–H groups in total. The Bertz CT molecular complexity index is 2540. The topological polar surface area (TPSA) is 178 Å². The van der Waals surface area contributed by atoms with Crippen LogP contribution in [-0.4, -0.2) is 127 Å². The molecule has 1 amide bonds. The molecule has 3 aromatic carbocycles. The smallest absolute Gasteiger partial charge is 0.408 e. The van der Waals surface area contributed by atoms with Gasteiger partial charge in [0, 0.05) is 59.7 Å². The van der Waals surface area contributed by atoms with Crippen LogP contribution >= 0.6 is 11.8 Å². The summed E-state index contributed by atoms with van der Waals surface area (Å²) in [7, 11) is 5.04. The minimum absolute atomic E-state index is 0.0584. The highest BCUT2D eigenvalue weighted by molar-refractivity contribution is 7.99. The molecule has 6 aliphatic rings. The lowest BCUT2D eigenvalue weighted by atomic mass is 9.65. The number of methoxy groups -OCH3 is 2. The van der Waals surface area contributed by atoms with Crippen molar-refractivity contribution in [3.63, 3.8) is 0 Å². The number of ketones is 1. The number of ether oxygens (including phenoxy) is 7. The molecule has 15 nitrogen and oxygen atoms in total. The summed E-state index contributed by atoms with van der Waals surface area (Å²) < 4.78 is 41.4. The second kappa shape index (κ2) is 17.6. The molecule has 2 bridgehead atoms. The number of aliphatic hydroxyl groups is 1. The van der Waals surface area contributed by atoms with Crippen LogP contribution in [0.2, 0.25) is 0 Å². The zero-order valence-corrected chi connectivity index (χ0v) is 39.3. The average Bonchev–Trinajstić information content (AvgIpc) is 3.89. The number of nitriles is 1. The fraction of sp³-hybridized carbons (Fsp3) is 0.480. The summed E-state index contributed by atoms with van der Waals surface area (Å²) in [6.45, 7) is 8.08. The maximum absolute atomic E-state index is 14.6. The second-order valence-corrected chi connectivity index (χ2v) is 19.8. The Hall–Kier alpha value is -5.57. The van der Waals surface area contributed by atoms with Gasteiger partial charge in [-0.1, -0.05) is 54.6 Å². The lowest BCUT2D eigenvalue weighted by Crippen LogP contribution is -2.74. The highest BCUT2D eigenvalue weighted by Crippen LogP contribution is 2.57. The largest absolute Gasteiger partial charge is 0.493 e. The molecule has 4 heterocycles. The van der Waals surface area contributed by atoms with Crippen LogP contribution in [0.4, 0.5) is 4.79 Å². The molecule has 0 aromatic heterocycles. The maximum Gasteiger partial charge on any atom is 0.408 e. The number of hydrogen-bond acceptors (Lipinski definition) is 15. The standard InChI is InChI=1S/C50H56N4O11S/c1-26-17-28-18-35-37(20-51)54-36(41(53(35)6)39(28)44(42(26)60-8)62-24-59-7)19-50(58)40(45-43(63-25-64-45)27(2)46(50)55)38(54)21-61-47(56)34(52-48(57)65-49(3,4)5)23-66-22-33-31-15-11-9-13-29(31)30-14-10-12-16-32(30)33/h9-17,33-38,41,58H,18-19,21-25H2,1-8H3,(H,52,57)/t34-,35+,36?,37+,38+,41+,50?/m1/s1. The van der Waals surface area contributed by atoms with E-state index in [2.05, 4.69) is 40.6 Å². The Morgan fingerprint density at radius 3 is 2.36 bits per heavy atom. The van der Waals surface area contributed by atoms with Gasteiger partial charge < -0.3 is 43.6 Å². The number of likely N-dealkylation sites (N-methyl/N-ethyl adjacent to an activating group) is 1. The number of hydrogen-bond donors (Lipinski definition) is 2. The van der Waals surface area contributed by atoms with Gasteiger partial charge >= 0.3 is 12.1 Å². The third kappa shape index (κ3) is 7.58. The second-order valence-electron chi connectivity index (χ2n) is 18.8. The van der Waals surface area contributed by atoms with E-state index in [0.29, 0.717) is 23.7 Å². The number of esters is 1. The van der Waals surface area contributed by atoms with E-state index in [1.165, 1.54) is 41.1 Å². The highest BCUT2D eigenvalue weighted by atomic mass is 32.2. The number of aryl methyl sites for hydroxylation is 1. The summed E-state index contributed by atoms with van der Waals surface area (Å²) >= 11 is 1.51. The maximum atomic E-state index is 14.6. The molecule has 348 valence electrons. The van der Waals surface area contributed by atoms with E-state index in [4.69, 9.17) is 33.2 Å². The lowest BCUT2D eigenvalue weighted by molar-refractivity contribution is -0.159. The molecule has 4 aliphatic heterocycles. The van der Waals surface area contributed by atoms with E-state index in [0.717, 1.165) is 16.7 Å². The number of Topliss-reactive ketones (excluding diaryl/α,β-unsaturated/α-hetero) is 1. The van der Waals surface area contributed by atoms with Crippen molar-refractivity contribution < 1.29 is 52.6 Å². The number of piperidine rings is 1. The molecule has 0 radical (unpaired) electrons. The number of carbonyl (C=O) groups excluding carboxylic acids is 3. The molecule has 66 heavy (non-hydrogen) atoms. The van der Waals surface area contributed by atoms with E-state index < -0.39 is 65.9 Å². The van der Waals surface area contributed by atoms with Crippen molar-refractivity contribution in [1.82, 2.24) is 15.1 Å². The fourth-order valence-electron chi connectivity index (χ4n) is 11.2. The van der Waals surface area contributed by atoms with Gasteiger partial charge in [-0.2, -0.15) is 17.0 Å². The summed E-state index contributed by atoms with van der Waals surface area (Å²) in [5, 5.41) is 26.9. The molecule has 16 heteroatoms. The van der Waals surface area contributed by atoms with E-state index >= 15 is 0 Å². The van der Waals surface area contributed by atoms with Crippen molar-refractivity contribution in [2.24, 2.45) is 0 Å². The van der Waals surface area contributed by atoms with Crippen LogP contribution in [0, 0.1) is 18.3 Å². The van der Waals surface area contributed by atoms with Crippen molar-refractivity contribution in [2.45, 2.75) is 101 Å². The molecule has 3 saturated heterocycles. The number of amides is 1. The average molecular weight is 921 g/mol. The summed E-state index contributed by atoms with van der Waals surface area (Å²) in [6.07, 6.45) is -0.459. The first-order valence-electron chi connectivity index (χ1n) is 22.2. The van der Waals surface area contributed by atoms with Gasteiger partial charge in [-0.25, -0.2) is 9.59 Å². The quantitative estimate of drug-likeness (QED) is 0.158. The number of alkyl carbamates (subject to hydrolysis) is 1. The Kier molecular flexibility index (Phi) is 12.1. The number of carbonyl (C=O) groups is 3. The summed E-state index contributed by atoms with van der Waals surface area (Å²) in [5.74, 6) is 0.880. The minimum Gasteiger partial charge on any atom is -0.493 e. The number of nitrogens with zero attached hydrogens (tertiary/aromatic N) is 3. The van der Waals surface area contributed by atoms with Crippen molar-refractivity contribution in [1.29, 1.82) is 5.26 Å². The summed E-state index contributed by atoms with van der Waals surface area (Å²) in [6, 6.07) is 16.6. The van der Waals surface area contributed by atoms with Gasteiger partial charge in [0.2, 0.25) is 6.79 Å². The number of fused-ring (bicyclic) bond motifs is 11. The highest BCUT2D eigenvalue weighted by Gasteiger charge is 2.64. The van der Waals surface area contributed by atoms with Crippen LogP contribution < -0.4 is 14.8 Å². The number of piperazine rings is 1. The lowest BCUT2D eigenvalue weighted by Gasteiger charge is -2.62. The van der Waals surface area contributed by atoms with Gasteiger partial charge in [0.1, 0.15) is 24.3 Å². The Balaban J connectivity index is 1.08. The number of nitrogens with one attached hydrogen (secondary N) is 1. The molecule has 2 unspecified atom stereocenters. The summed E-state index contributed by atoms with van der Waals surface area (Å²) in [4.78, 5) is 46.7. The summed E-state index contributed by atoms with van der Waals surface area (Å²) in [5.41, 5.74) is 4.70. The van der Waals surface area contributed by atoms with Crippen molar-refractivity contribution in [3.8, 4) is 28.7 Å². The van der Waals surface area contributed by atoms with Crippen molar-refractivity contribution in [3.05, 3.63) is 105 Å². The fourth-order valence-corrected chi connectivity index (χ4v) is 12.3. The van der Waals surface area contributed by atoms with Gasteiger partial charge in [0.05, 0.1) is 25.3 Å². The van der Waals surface area contributed by atoms with E-state index in [1.807, 2.05) is 49.2 Å². The number of thioether (sulfide) groups is 1. The van der Waals surface area contributed by atoms with Crippen molar-refractivity contribution in [2.75, 3.05) is 53.0 Å². The SMILES string of the molecule is COCOc1c(OC)c(C)cc2c1[C@@H]1C3CC4(O)C(=O)C(C)=C5OCOC5=C4[C@H](COC(=O)[C@@H](CSCC4c5ccccc5-c5ccccc54)NC(=O)OC(C)(C)C)N3[C@@H](C#N)[C@H](C2)N1C. The van der Waals surface area contributed by atoms with E-state index in [9.17, 15) is 24.8 Å². The molecule has 7 atom stereocenters. The number of rotatable bonds is 12. The van der Waals surface area contributed by atoms with Crippen LogP contribution in [0.25, 0.3) is 11.1 Å². The van der Waals surface area contributed by atoms with E-state index in [-0.39, 0.29) is 60.4 Å². The molecule has 2 aliphatic carbocycles. The number of benzene rings is 3. The van der Waals surface area contributed by atoms with Crippen LogP contribution in [0.5, 0.6) is 11.5 Å². The van der Waals surface area contributed by atoms with Gasteiger partial charge in [0.15, 0.2) is 41.2 Å². The Morgan fingerprint density at radius 1 is 1.03 bits per heavy atom. The molecular formula is C50H56N4O11S. The Labute approximate surface area is 388 Å². The third-order valence-electron chi connectivity index (χ3n) is 13.8. The van der Waals surface area contributed by atoms with Gasteiger partial charge in [-0.05, 0) is 81.5 Å². The predicted octanol–water partition coefficient (Wildman–Crippen LogP) is 6.06. The van der Waals surface area contributed by atoms with Gasteiger partial charge in [-0.15, -0.1) is 0 Å². The van der Waals surface area contributed by atoms with Crippen molar-refractivity contribution >= 4 is 29.6 Å². The molecule has 9 rings (SSSR count). The normalized spacial score (nSPS) is 25.8. The zero-order chi connectivity index (χ0) is 46.8. The Morgan fingerprint density at radius 2 is 1.71 bits per heavy atom. The minimum atomic E-state index is -2.14. The predicted molar refractivity (Wildman–Crippen MR) is 244 cm³/mol. The molecule has 0 saturated carbocycles. The molecule has 3 fully saturated rings. The molecule has 0 spiro atoms. The van der Waals surface area contributed by atoms with Crippen LogP contribution in [0.15, 0.2) is 77.3 Å². The monoisotopic (exact) mass is 920 g/mol. The van der Waals surface area contributed by atoms with Crippen LogP contribution in [-0.2, 0) is 39.7 Å².